The molecule has 1 atom stereocenters. The molecular weight excluding hydrogens is 316 g/mol. The summed E-state index contributed by atoms with van der Waals surface area (Å²) in [5.74, 6) is 0.990. The quantitative estimate of drug-likeness (QED) is 0.735. The number of pyridine rings is 1. The van der Waals surface area contributed by atoms with Gasteiger partial charge in [0.2, 0.25) is 17.6 Å². The normalized spacial score (nSPS) is 17.3. The number of benzene rings is 1. The maximum Gasteiger partial charge on any atom is 0.232 e. The van der Waals surface area contributed by atoms with Gasteiger partial charge in [-0.3, -0.25) is 9.78 Å². The number of rotatable bonds is 3. The largest absolute Gasteiger partial charge is 0.339 e. The molecular formula is C19H18N4O2. The molecule has 1 fully saturated rings. The lowest BCUT2D eigenvalue weighted by molar-refractivity contribution is -0.117. The Kier molecular flexibility index (Phi) is 3.80. The first-order valence-electron chi connectivity index (χ1n) is 8.23. The minimum Gasteiger partial charge on any atom is -0.339 e. The van der Waals surface area contributed by atoms with Gasteiger partial charge in [0.15, 0.2) is 0 Å². The summed E-state index contributed by atoms with van der Waals surface area (Å²) >= 11 is 0. The summed E-state index contributed by atoms with van der Waals surface area (Å²) in [5, 5.41) is 4.03. The molecule has 1 saturated heterocycles. The SMILES string of the molecule is Cc1ccc(N2CC(c3nc(-c4cccnc4)no3)CC2=O)c(C)c1. The second kappa shape index (κ2) is 6.12. The molecule has 0 spiro atoms. The molecule has 3 aromatic rings. The van der Waals surface area contributed by atoms with Crippen LogP contribution in [0.15, 0.2) is 47.2 Å². The van der Waals surface area contributed by atoms with Gasteiger partial charge in [0.25, 0.3) is 0 Å². The maximum absolute atomic E-state index is 12.5. The first-order valence-corrected chi connectivity index (χ1v) is 8.23. The molecule has 1 aliphatic rings. The zero-order valence-electron chi connectivity index (χ0n) is 14.1. The molecule has 25 heavy (non-hydrogen) atoms. The summed E-state index contributed by atoms with van der Waals surface area (Å²) < 4.78 is 5.42. The van der Waals surface area contributed by atoms with Crippen molar-refractivity contribution >= 4 is 11.6 Å². The summed E-state index contributed by atoms with van der Waals surface area (Å²) in [6.45, 7) is 4.62. The third-order valence-electron chi connectivity index (χ3n) is 4.48. The van der Waals surface area contributed by atoms with E-state index in [1.807, 2.05) is 43.0 Å². The van der Waals surface area contributed by atoms with Crippen molar-refractivity contribution in [2.45, 2.75) is 26.2 Å². The van der Waals surface area contributed by atoms with Crippen molar-refractivity contribution in [1.82, 2.24) is 15.1 Å². The maximum atomic E-state index is 12.5. The molecule has 1 amide bonds. The summed E-state index contributed by atoms with van der Waals surface area (Å²) in [6, 6.07) is 9.81. The van der Waals surface area contributed by atoms with Gasteiger partial charge in [-0.05, 0) is 37.6 Å². The average Bonchev–Trinajstić information content (AvgIpc) is 3.23. The van der Waals surface area contributed by atoms with Gasteiger partial charge in [0.1, 0.15) is 0 Å². The van der Waals surface area contributed by atoms with Crippen LogP contribution in [0.2, 0.25) is 0 Å². The standard InChI is InChI=1S/C19H18N4O2/c1-12-5-6-16(13(2)8-12)23-11-15(9-17(23)24)19-21-18(22-25-19)14-4-3-7-20-10-14/h3-8,10,15H,9,11H2,1-2H3. The van der Waals surface area contributed by atoms with Gasteiger partial charge < -0.3 is 9.42 Å². The molecule has 0 N–H and O–H groups in total. The van der Waals surface area contributed by atoms with E-state index in [1.54, 1.807) is 12.4 Å². The zero-order chi connectivity index (χ0) is 17.4. The third-order valence-corrected chi connectivity index (χ3v) is 4.48. The molecule has 6 nitrogen and oxygen atoms in total. The van der Waals surface area contributed by atoms with E-state index in [1.165, 1.54) is 5.56 Å². The van der Waals surface area contributed by atoms with Crippen LogP contribution in [0.3, 0.4) is 0 Å². The van der Waals surface area contributed by atoms with Crippen LogP contribution in [-0.4, -0.2) is 27.6 Å². The van der Waals surface area contributed by atoms with Crippen LogP contribution in [0.1, 0.15) is 29.4 Å². The molecule has 126 valence electrons. The van der Waals surface area contributed by atoms with Gasteiger partial charge in [-0.1, -0.05) is 22.9 Å². The predicted molar refractivity (Wildman–Crippen MR) is 93.2 cm³/mol. The smallest absolute Gasteiger partial charge is 0.232 e. The Morgan fingerprint density at radius 2 is 2.12 bits per heavy atom. The summed E-state index contributed by atoms with van der Waals surface area (Å²) in [4.78, 5) is 22.8. The van der Waals surface area contributed by atoms with Crippen LogP contribution in [0, 0.1) is 13.8 Å². The minimum absolute atomic E-state index is 0.0816. The Morgan fingerprint density at radius 1 is 1.24 bits per heavy atom. The molecule has 0 radical (unpaired) electrons. The van der Waals surface area contributed by atoms with E-state index >= 15 is 0 Å². The second-order valence-corrected chi connectivity index (χ2v) is 6.39. The van der Waals surface area contributed by atoms with Crippen molar-refractivity contribution in [3.8, 4) is 11.4 Å². The van der Waals surface area contributed by atoms with E-state index < -0.39 is 0 Å². The lowest BCUT2D eigenvalue weighted by Crippen LogP contribution is -2.25. The molecule has 1 unspecified atom stereocenters. The van der Waals surface area contributed by atoms with Crippen LogP contribution < -0.4 is 4.90 Å². The lowest BCUT2D eigenvalue weighted by Gasteiger charge is -2.19. The van der Waals surface area contributed by atoms with Crippen molar-refractivity contribution in [2.75, 3.05) is 11.4 Å². The first-order chi connectivity index (χ1) is 12.1. The molecule has 1 aliphatic heterocycles. The van der Waals surface area contributed by atoms with Gasteiger partial charge in [0.05, 0.1) is 5.92 Å². The zero-order valence-corrected chi connectivity index (χ0v) is 14.1. The fourth-order valence-electron chi connectivity index (χ4n) is 3.23. The number of anilines is 1. The van der Waals surface area contributed by atoms with Gasteiger partial charge in [0, 0.05) is 36.6 Å². The van der Waals surface area contributed by atoms with Crippen molar-refractivity contribution in [1.29, 1.82) is 0 Å². The van der Waals surface area contributed by atoms with E-state index in [9.17, 15) is 4.79 Å². The summed E-state index contributed by atoms with van der Waals surface area (Å²) in [5.41, 5.74) is 4.02. The van der Waals surface area contributed by atoms with E-state index in [4.69, 9.17) is 4.52 Å². The molecule has 0 saturated carbocycles. The molecule has 2 aromatic heterocycles. The topological polar surface area (TPSA) is 72.1 Å². The molecule has 1 aromatic carbocycles. The number of aryl methyl sites for hydroxylation is 2. The predicted octanol–water partition coefficient (Wildman–Crippen LogP) is 3.27. The molecule has 4 rings (SSSR count). The number of carbonyl (C=O) groups excluding carboxylic acids is 1. The number of aromatic nitrogens is 3. The Balaban J connectivity index is 1.57. The number of carbonyl (C=O) groups is 1. The van der Waals surface area contributed by atoms with Crippen molar-refractivity contribution < 1.29 is 9.32 Å². The molecule has 0 bridgehead atoms. The second-order valence-electron chi connectivity index (χ2n) is 6.39. The molecule has 3 heterocycles. The van der Waals surface area contributed by atoms with Crippen LogP contribution in [-0.2, 0) is 4.79 Å². The Hall–Kier alpha value is -3.02. The summed E-state index contributed by atoms with van der Waals surface area (Å²) in [6.07, 6.45) is 3.76. The molecule has 6 heteroatoms. The number of hydrogen-bond donors (Lipinski definition) is 0. The highest BCUT2D eigenvalue weighted by molar-refractivity contribution is 5.97. The van der Waals surface area contributed by atoms with Crippen LogP contribution in [0.4, 0.5) is 5.69 Å². The van der Waals surface area contributed by atoms with Gasteiger partial charge in [-0.2, -0.15) is 4.98 Å². The summed E-state index contributed by atoms with van der Waals surface area (Å²) in [7, 11) is 0. The van der Waals surface area contributed by atoms with Crippen LogP contribution in [0.25, 0.3) is 11.4 Å². The Labute approximate surface area is 145 Å². The van der Waals surface area contributed by atoms with Crippen molar-refractivity contribution in [2.24, 2.45) is 0 Å². The van der Waals surface area contributed by atoms with E-state index in [0.717, 1.165) is 16.8 Å². The monoisotopic (exact) mass is 334 g/mol. The van der Waals surface area contributed by atoms with Gasteiger partial charge >= 0.3 is 0 Å². The molecule has 0 aliphatic carbocycles. The fraction of sp³-hybridized carbons (Fsp3) is 0.263. The van der Waals surface area contributed by atoms with Gasteiger partial charge in [-0.15, -0.1) is 0 Å². The highest BCUT2D eigenvalue weighted by atomic mass is 16.5. The number of amides is 1. The van der Waals surface area contributed by atoms with Crippen LogP contribution in [0.5, 0.6) is 0 Å². The first kappa shape index (κ1) is 15.5. The van der Waals surface area contributed by atoms with E-state index in [0.29, 0.717) is 24.7 Å². The lowest BCUT2D eigenvalue weighted by atomic mass is 10.1. The van der Waals surface area contributed by atoms with Crippen LogP contribution >= 0.6 is 0 Å². The number of nitrogens with zero attached hydrogens (tertiary/aromatic N) is 4. The Morgan fingerprint density at radius 3 is 2.88 bits per heavy atom. The van der Waals surface area contributed by atoms with Gasteiger partial charge in [-0.25, -0.2) is 0 Å². The third kappa shape index (κ3) is 2.91. The van der Waals surface area contributed by atoms with E-state index in [2.05, 4.69) is 21.2 Å². The van der Waals surface area contributed by atoms with Crippen molar-refractivity contribution in [3.63, 3.8) is 0 Å². The Bertz CT molecular complexity index is 920. The average molecular weight is 334 g/mol. The highest BCUT2D eigenvalue weighted by Crippen LogP contribution is 2.33. The van der Waals surface area contributed by atoms with Crippen molar-refractivity contribution in [3.05, 3.63) is 59.7 Å². The van der Waals surface area contributed by atoms with E-state index in [-0.39, 0.29) is 11.8 Å². The number of hydrogen-bond acceptors (Lipinski definition) is 5. The highest BCUT2D eigenvalue weighted by Gasteiger charge is 2.35. The fourth-order valence-corrected chi connectivity index (χ4v) is 3.23. The minimum atomic E-state index is -0.0916.